The smallest absolute Gasteiger partial charge is 0.408 e. The lowest BCUT2D eigenvalue weighted by atomic mass is 10.1. The molecule has 0 saturated carbocycles. The van der Waals surface area contributed by atoms with Crippen molar-refractivity contribution in [2.75, 3.05) is 6.61 Å². The van der Waals surface area contributed by atoms with Crippen LogP contribution < -0.4 is 5.32 Å². The molecule has 11 nitrogen and oxygen atoms in total. The van der Waals surface area contributed by atoms with E-state index in [1.165, 1.54) is 18.2 Å². The Kier molecular flexibility index (Phi) is 10.1. The number of ether oxygens (including phenoxy) is 3. The number of non-ortho nitro benzene ring substituents is 1. The largest absolute Gasteiger partial charge is 0.461 e. The summed E-state index contributed by atoms with van der Waals surface area (Å²) < 4.78 is 15.3. The molecule has 0 unspecified atom stereocenters. The number of hydrogen-bond acceptors (Lipinski definition) is 9. The topological polar surface area (TPSA) is 151 Å². The van der Waals surface area contributed by atoms with Crippen LogP contribution in [0.25, 0.3) is 0 Å². The number of amides is 1. The molecule has 1 amide bonds. The van der Waals surface area contributed by atoms with E-state index in [1.54, 1.807) is 60.7 Å². The number of alkyl carbamates (subject to hydrolysis) is 1. The molecule has 0 aliphatic carbocycles. The molecule has 0 heterocycles. The fourth-order valence-corrected chi connectivity index (χ4v) is 3.18. The first-order chi connectivity index (χ1) is 18.3. The summed E-state index contributed by atoms with van der Waals surface area (Å²) in [5, 5.41) is 13.2. The van der Waals surface area contributed by atoms with Gasteiger partial charge in [0.15, 0.2) is 6.61 Å². The number of ketones is 1. The van der Waals surface area contributed by atoms with Gasteiger partial charge in [0.1, 0.15) is 19.3 Å². The molecule has 38 heavy (non-hydrogen) atoms. The number of nitrogens with one attached hydrogen (secondary N) is 1. The average molecular weight is 520 g/mol. The summed E-state index contributed by atoms with van der Waals surface area (Å²) in [6.45, 7) is -0.903. The van der Waals surface area contributed by atoms with Crippen LogP contribution in [0.5, 0.6) is 0 Å². The monoisotopic (exact) mass is 520 g/mol. The highest BCUT2D eigenvalue weighted by molar-refractivity contribution is 5.99. The highest BCUT2D eigenvalue weighted by Gasteiger charge is 2.28. The van der Waals surface area contributed by atoms with Gasteiger partial charge in [-0.1, -0.05) is 72.8 Å². The van der Waals surface area contributed by atoms with Gasteiger partial charge in [0, 0.05) is 17.7 Å². The maximum Gasteiger partial charge on any atom is 0.408 e. The summed E-state index contributed by atoms with van der Waals surface area (Å²) >= 11 is 0. The molecule has 0 radical (unpaired) electrons. The Morgan fingerprint density at radius 1 is 0.789 bits per heavy atom. The van der Waals surface area contributed by atoms with Crippen molar-refractivity contribution in [3.8, 4) is 0 Å². The maximum absolute atomic E-state index is 12.7. The van der Waals surface area contributed by atoms with E-state index in [0.717, 1.165) is 11.6 Å². The molecule has 3 aromatic rings. The first-order valence-electron chi connectivity index (χ1n) is 11.4. The average Bonchev–Trinajstić information content (AvgIpc) is 2.94. The number of nitro groups is 1. The van der Waals surface area contributed by atoms with Gasteiger partial charge < -0.3 is 19.5 Å². The Morgan fingerprint density at radius 3 is 2.00 bits per heavy atom. The summed E-state index contributed by atoms with van der Waals surface area (Å²) in [5.74, 6) is -2.60. The summed E-state index contributed by atoms with van der Waals surface area (Å²) in [6, 6.07) is 21.0. The van der Waals surface area contributed by atoms with Crippen LogP contribution in [-0.2, 0) is 37.0 Å². The maximum atomic E-state index is 12.7. The van der Waals surface area contributed by atoms with Crippen LogP contribution in [0, 0.1) is 10.1 Å². The number of carbonyl (C=O) groups excluding carboxylic acids is 4. The van der Waals surface area contributed by atoms with E-state index in [1.807, 2.05) is 0 Å². The van der Waals surface area contributed by atoms with Gasteiger partial charge in [0.25, 0.3) is 5.69 Å². The molecule has 11 heteroatoms. The number of carbonyl (C=O) groups is 4. The molecule has 0 aliphatic rings. The first kappa shape index (κ1) is 27.5. The normalized spacial score (nSPS) is 11.1. The van der Waals surface area contributed by atoms with Crippen molar-refractivity contribution in [2.24, 2.45) is 0 Å². The standard InChI is InChI=1S/C27H24N2O9/c30-24(21-12-7-13-22(14-21)29(34)35)18-37-26(32)23(15-25(31)36-16-19-8-3-1-4-9-19)28-27(33)38-17-20-10-5-2-6-11-20/h1-14,23H,15-18H2,(H,28,33)/t23-/m0/s1. The lowest BCUT2D eigenvalue weighted by Gasteiger charge is -2.17. The molecule has 3 aromatic carbocycles. The van der Waals surface area contributed by atoms with Crippen LogP contribution in [0.4, 0.5) is 10.5 Å². The van der Waals surface area contributed by atoms with Gasteiger partial charge in [0.2, 0.25) is 5.78 Å². The second kappa shape index (κ2) is 13.9. The van der Waals surface area contributed by atoms with Crippen LogP contribution in [0.3, 0.4) is 0 Å². The van der Waals surface area contributed by atoms with Crippen LogP contribution >= 0.6 is 0 Å². The minimum atomic E-state index is -1.51. The molecule has 3 rings (SSSR count). The van der Waals surface area contributed by atoms with Crippen LogP contribution in [-0.4, -0.2) is 41.4 Å². The second-order valence-corrected chi connectivity index (χ2v) is 7.95. The number of nitro benzene ring substituents is 1. The van der Waals surface area contributed by atoms with Crippen molar-refractivity contribution in [1.82, 2.24) is 5.32 Å². The number of hydrogen-bond donors (Lipinski definition) is 1. The highest BCUT2D eigenvalue weighted by Crippen LogP contribution is 2.14. The molecule has 0 aromatic heterocycles. The molecule has 0 fully saturated rings. The predicted octanol–water partition coefficient (Wildman–Crippen LogP) is 3.75. The van der Waals surface area contributed by atoms with Gasteiger partial charge in [-0.15, -0.1) is 0 Å². The number of benzene rings is 3. The quantitative estimate of drug-likeness (QED) is 0.124. The van der Waals surface area contributed by atoms with Crippen LogP contribution in [0.1, 0.15) is 27.9 Å². The fraction of sp³-hybridized carbons (Fsp3) is 0.185. The Bertz CT molecular complexity index is 1220. The zero-order chi connectivity index (χ0) is 27.3. The van der Waals surface area contributed by atoms with Crippen molar-refractivity contribution in [3.05, 3.63) is 112 Å². The van der Waals surface area contributed by atoms with Gasteiger partial charge in [-0.05, 0) is 11.1 Å². The number of esters is 2. The zero-order valence-corrected chi connectivity index (χ0v) is 20.1. The second-order valence-electron chi connectivity index (χ2n) is 7.95. The van der Waals surface area contributed by atoms with Gasteiger partial charge in [-0.25, -0.2) is 9.59 Å². The molecule has 0 saturated heterocycles. The summed E-state index contributed by atoms with van der Waals surface area (Å²) in [5.41, 5.74) is 1.08. The van der Waals surface area contributed by atoms with Crippen LogP contribution in [0.2, 0.25) is 0 Å². The summed E-state index contributed by atoms with van der Waals surface area (Å²) in [7, 11) is 0. The Morgan fingerprint density at radius 2 is 1.39 bits per heavy atom. The van der Waals surface area contributed by atoms with Gasteiger partial charge in [-0.2, -0.15) is 0 Å². The van der Waals surface area contributed by atoms with E-state index in [-0.39, 0.29) is 24.5 Å². The summed E-state index contributed by atoms with van der Waals surface area (Å²) in [6.07, 6.45) is -1.58. The van der Waals surface area contributed by atoms with Gasteiger partial charge in [-0.3, -0.25) is 19.7 Å². The lowest BCUT2D eigenvalue weighted by Crippen LogP contribution is -2.44. The van der Waals surface area contributed by atoms with E-state index >= 15 is 0 Å². The highest BCUT2D eigenvalue weighted by atomic mass is 16.6. The molecule has 1 N–H and O–H groups in total. The molecule has 0 spiro atoms. The Labute approximate surface area is 217 Å². The number of rotatable bonds is 12. The van der Waals surface area contributed by atoms with E-state index in [0.29, 0.717) is 5.56 Å². The van der Waals surface area contributed by atoms with Gasteiger partial charge in [0.05, 0.1) is 11.3 Å². The van der Waals surface area contributed by atoms with Crippen molar-refractivity contribution < 1.29 is 38.3 Å². The third kappa shape index (κ3) is 8.86. The van der Waals surface area contributed by atoms with Gasteiger partial charge >= 0.3 is 18.0 Å². The molecular weight excluding hydrogens is 496 g/mol. The first-order valence-corrected chi connectivity index (χ1v) is 11.4. The molecule has 196 valence electrons. The summed E-state index contributed by atoms with van der Waals surface area (Å²) in [4.78, 5) is 60.1. The van der Waals surface area contributed by atoms with Crippen molar-refractivity contribution in [3.63, 3.8) is 0 Å². The molecule has 0 bridgehead atoms. The fourth-order valence-electron chi connectivity index (χ4n) is 3.18. The molecular formula is C27H24N2O9. The number of Topliss-reactive ketones (excluding diaryl/α,β-unsaturated/α-hetero) is 1. The Hall–Kier alpha value is -5.06. The van der Waals surface area contributed by atoms with E-state index < -0.39 is 47.8 Å². The van der Waals surface area contributed by atoms with Crippen molar-refractivity contribution in [2.45, 2.75) is 25.7 Å². The van der Waals surface area contributed by atoms with Crippen molar-refractivity contribution >= 4 is 29.5 Å². The zero-order valence-electron chi connectivity index (χ0n) is 20.1. The lowest BCUT2D eigenvalue weighted by molar-refractivity contribution is -0.384. The molecule has 0 aliphatic heterocycles. The van der Waals surface area contributed by atoms with E-state index in [2.05, 4.69) is 5.32 Å². The SMILES string of the molecule is O=C(C[C@H](NC(=O)OCc1ccccc1)C(=O)OCC(=O)c1cccc([N+](=O)[O-])c1)OCc1ccccc1. The van der Waals surface area contributed by atoms with Crippen molar-refractivity contribution in [1.29, 1.82) is 0 Å². The number of nitrogens with zero attached hydrogens (tertiary/aromatic N) is 1. The third-order valence-electron chi connectivity index (χ3n) is 5.13. The van der Waals surface area contributed by atoms with E-state index in [9.17, 15) is 29.3 Å². The Balaban J connectivity index is 1.61. The third-order valence-corrected chi connectivity index (χ3v) is 5.13. The molecule has 1 atom stereocenters. The predicted molar refractivity (Wildman–Crippen MR) is 133 cm³/mol. The minimum absolute atomic E-state index is 0.0407. The minimum Gasteiger partial charge on any atom is -0.461 e. The van der Waals surface area contributed by atoms with E-state index in [4.69, 9.17) is 14.2 Å². The van der Waals surface area contributed by atoms with Crippen LogP contribution in [0.15, 0.2) is 84.9 Å².